The maximum atomic E-state index is 11.9. The van der Waals surface area contributed by atoms with Gasteiger partial charge in [0.2, 0.25) is 0 Å². The van der Waals surface area contributed by atoms with Crippen LogP contribution in [0, 0.1) is 13.8 Å². The quantitative estimate of drug-likeness (QED) is 0.890. The van der Waals surface area contributed by atoms with Gasteiger partial charge in [-0.2, -0.15) is 0 Å². The second kappa shape index (κ2) is 6.76. The van der Waals surface area contributed by atoms with E-state index in [1.54, 1.807) is 0 Å². The van der Waals surface area contributed by atoms with E-state index in [4.69, 9.17) is 9.84 Å². The predicted octanol–water partition coefficient (Wildman–Crippen LogP) is 3.02. The summed E-state index contributed by atoms with van der Waals surface area (Å²) in [4.78, 5) is 22.6. The molecular weight excluding hydrogens is 282 g/mol. The third-order valence-corrected chi connectivity index (χ3v) is 3.14. The van der Waals surface area contributed by atoms with Crippen LogP contribution in [0.3, 0.4) is 0 Å². The van der Waals surface area contributed by atoms with Crippen molar-refractivity contribution < 1.29 is 19.4 Å². The number of hydrogen-bond donors (Lipinski definition) is 2. The van der Waals surface area contributed by atoms with E-state index in [1.807, 2.05) is 32.0 Å². The maximum absolute atomic E-state index is 11.9. The molecule has 0 aliphatic carbocycles. The number of hydrogen-bond acceptors (Lipinski definition) is 3. The number of aryl methyl sites for hydroxylation is 2. The molecule has 114 valence electrons. The maximum Gasteiger partial charge on any atom is 0.335 e. The fourth-order valence-electron chi connectivity index (χ4n) is 1.90. The first kappa shape index (κ1) is 15.6. The minimum atomic E-state index is -1.00. The van der Waals surface area contributed by atoms with Gasteiger partial charge in [0.1, 0.15) is 5.75 Å². The Morgan fingerprint density at radius 3 is 2.41 bits per heavy atom. The number of amides is 1. The number of carboxylic acid groups (broad SMARTS) is 1. The van der Waals surface area contributed by atoms with Crippen molar-refractivity contribution in [2.75, 3.05) is 11.9 Å². The van der Waals surface area contributed by atoms with Crippen molar-refractivity contribution >= 4 is 17.6 Å². The van der Waals surface area contributed by atoms with Gasteiger partial charge >= 0.3 is 5.97 Å². The van der Waals surface area contributed by atoms with E-state index in [0.717, 1.165) is 16.8 Å². The summed E-state index contributed by atoms with van der Waals surface area (Å²) < 4.78 is 5.34. The first-order valence-corrected chi connectivity index (χ1v) is 6.79. The molecule has 2 N–H and O–H groups in total. The average Bonchev–Trinajstić information content (AvgIpc) is 2.49. The van der Waals surface area contributed by atoms with Gasteiger partial charge in [-0.25, -0.2) is 4.79 Å². The third-order valence-electron chi connectivity index (χ3n) is 3.14. The summed E-state index contributed by atoms with van der Waals surface area (Å²) in [7, 11) is 0. The summed E-state index contributed by atoms with van der Waals surface area (Å²) in [6, 6.07) is 11.7. The lowest BCUT2D eigenvalue weighted by Crippen LogP contribution is -2.20. The van der Waals surface area contributed by atoms with Gasteiger partial charge in [-0.3, -0.25) is 4.79 Å². The Balaban J connectivity index is 1.92. The van der Waals surface area contributed by atoms with Gasteiger partial charge in [0, 0.05) is 5.69 Å². The average molecular weight is 299 g/mol. The third kappa shape index (κ3) is 4.09. The van der Waals surface area contributed by atoms with Crippen LogP contribution in [-0.2, 0) is 4.79 Å². The van der Waals surface area contributed by atoms with Crippen molar-refractivity contribution in [3.63, 3.8) is 0 Å². The highest BCUT2D eigenvalue weighted by molar-refractivity contribution is 5.92. The van der Waals surface area contributed by atoms with Crippen LogP contribution in [0.4, 0.5) is 5.69 Å². The Hall–Kier alpha value is -2.82. The summed E-state index contributed by atoms with van der Waals surface area (Å²) in [5.74, 6) is -0.823. The normalized spacial score (nSPS) is 10.1. The van der Waals surface area contributed by atoms with E-state index in [9.17, 15) is 9.59 Å². The van der Waals surface area contributed by atoms with Crippen LogP contribution in [0.5, 0.6) is 5.75 Å². The lowest BCUT2D eigenvalue weighted by atomic mass is 10.1. The van der Waals surface area contributed by atoms with Crippen LogP contribution in [0.15, 0.2) is 42.5 Å². The van der Waals surface area contributed by atoms with Gasteiger partial charge in [0.25, 0.3) is 5.91 Å². The minimum absolute atomic E-state index is 0.139. The highest BCUT2D eigenvalue weighted by atomic mass is 16.5. The second-order valence-electron chi connectivity index (χ2n) is 4.98. The minimum Gasteiger partial charge on any atom is -0.484 e. The zero-order valence-electron chi connectivity index (χ0n) is 12.4. The van der Waals surface area contributed by atoms with Gasteiger partial charge in [0.15, 0.2) is 6.61 Å². The molecule has 1 amide bonds. The summed E-state index contributed by atoms with van der Waals surface area (Å²) in [5.41, 5.74) is 2.97. The molecular formula is C17H17NO4. The number of carbonyl (C=O) groups excluding carboxylic acids is 1. The van der Waals surface area contributed by atoms with E-state index >= 15 is 0 Å². The van der Waals surface area contributed by atoms with Gasteiger partial charge < -0.3 is 15.2 Å². The Labute approximate surface area is 128 Å². The molecule has 2 rings (SSSR count). The van der Waals surface area contributed by atoms with Crippen LogP contribution < -0.4 is 10.1 Å². The second-order valence-corrected chi connectivity index (χ2v) is 4.98. The molecule has 0 spiro atoms. The molecule has 0 saturated carbocycles. The van der Waals surface area contributed by atoms with Crippen molar-refractivity contribution in [1.82, 2.24) is 0 Å². The first-order valence-electron chi connectivity index (χ1n) is 6.79. The molecule has 2 aromatic rings. The van der Waals surface area contributed by atoms with Crippen molar-refractivity contribution in [3.05, 3.63) is 59.2 Å². The van der Waals surface area contributed by atoms with E-state index in [0.29, 0.717) is 5.75 Å². The monoisotopic (exact) mass is 299 g/mol. The SMILES string of the molecule is Cc1ccc(C)c(NC(=O)COc2ccc(C(=O)O)cc2)c1. The van der Waals surface area contributed by atoms with Crippen LogP contribution in [-0.4, -0.2) is 23.6 Å². The molecule has 0 aliphatic heterocycles. The number of rotatable bonds is 5. The zero-order chi connectivity index (χ0) is 16.1. The molecule has 5 nitrogen and oxygen atoms in total. The Bertz CT molecular complexity index is 692. The molecule has 0 radical (unpaired) electrons. The van der Waals surface area contributed by atoms with E-state index in [1.165, 1.54) is 24.3 Å². The van der Waals surface area contributed by atoms with Gasteiger partial charge in [-0.15, -0.1) is 0 Å². The molecule has 0 heterocycles. The number of nitrogens with one attached hydrogen (secondary N) is 1. The fraction of sp³-hybridized carbons (Fsp3) is 0.176. The highest BCUT2D eigenvalue weighted by Crippen LogP contribution is 2.16. The van der Waals surface area contributed by atoms with Gasteiger partial charge in [0.05, 0.1) is 5.56 Å². The number of aromatic carboxylic acids is 1. The molecule has 2 aromatic carbocycles. The summed E-state index contributed by atoms with van der Waals surface area (Å²) in [5, 5.41) is 11.6. The number of ether oxygens (including phenoxy) is 1. The number of carboxylic acids is 1. The van der Waals surface area contributed by atoms with Crippen molar-refractivity contribution in [1.29, 1.82) is 0 Å². The first-order chi connectivity index (χ1) is 10.5. The molecule has 5 heteroatoms. The smallest absolute Gasteiger partial charge is 0.335 e. The lowest BCUT2D eigenvalue weighted by Gasteiger charge is -2.10. The van der Waals surface area contributed by atoms with E-state index in [2.05, 4.69) is 5.32 Å². The molecule has 0 bridgehead atoms. The van der Waals surface area contributed by atoms with Crippen LogP contribution in [0.1, 0.15) is 21.5 Å². The van der Waals surface area contributed by atoms with Crippen molar-refractivity contribution in [3.8, 4) is 5.75 Å². The van der Waals surface area contributed by atoms with Crippen molar-refractivity contribution in [2.24, 2.45) is 0 Å². The van der Waals surface area contributed by atoms with Gasteiger partial charge in [-0.1, -0.05) is 12.1 Å². The number of benzene rings is 2. The molecule has 0 saturated heterocycles. The molecule has 0 unspecified atom stereocenters. The standard InChI is InChI=1S/C17H17NO4/c1-11-3-4-12(2)15(9-11)18-16(19)10-22-14-7-5-13(6-8-14)17(20)21/h3-9H,10H2,1-2H3,(H,18,19)(H,20,21). The van der Waals surface area contributed by atoms with Crippen LogP contribution in [0.2, 0.25) is 0 Å². The molecule has 0 fully saturated rings. The molecule has 22 heavy (non-hydrogen) atoms. The van der Waals surface area contributed by atoms with E-state index in [-0.39, 0.29) is 18.1 Å². The van der Waals surface area contributed by atoms with Crippen LogP contribution >= 0.6 is 0 Å². The Morgan fingerprint density at radius 2 is 1.77 bits per heavy atom. The zero-order valence-corrected chi connectivity index (χ0v) is 12.4. The lowest BCUT2D eigenvalue weighted by molar-refractivity contribution is -0.118. The topological polar surface area (TPSA) is 75.6 Å². The van der Waals surface area contributed by atoms with Gasteiger partial charge in [-0.05, 0) is 55.3 Å². The Kier molecular flexibility index (Phi) is 4.78. The molecule has 0 aliphatic rings. The van der Waals surface area contributed by atoms with E-state index < -0.39 is 5.97 Å². The predicted molar refractivity (Wildman–Crippen MR) is 83.4 cm³/mol. The Morgan fingerprint density at radius 1 is 1.09 bits per heavy atom. The largest absolute Gasteiger partial charge is 0.484 e. The summed E-state index contributed by atoms with van der Waals surface area (Å²) in [6.07, 6.45) is 0. The molecule has 0 aromatic heterocycles. The van der Waals surface area contributed by atoms with Crippen molar-refractivity contribution in [2.45, 2.75) is 13.8 Å². The highest BCUT2D eigenvalue weighted by Gasteiger charge is 2.07. The summed E-state index contributed by atoms with van der Waals surface area (Å²) in [6.45, 7) is 3.73. The number of anilines is 1. The van der Waals surface area contributed by atoms with Crippen LogP contribution in [0.25, 0.3) is 0 Å². The summed E-state index contributed by atoms with van der Waals surface area (Å²) >= 11 is 0. The fourth-order valence-corrected chi connectivity index (χ4v) is 1.90. The number of carbonyl (C=O) groups is 2. The molecule has 0 atom stereocenters.